The Kier molecular flexibility index (Phi) is 4.46. The van der Waals surface area contributed by atoms with Crippen LogP contribution in [0.4, 0.5) is 0 Å². The summed E-state index contributed by atoms with van der Waals surface area (Å²) in [5.41, 5.74) is 14.6. The fraction of sp³-hybridized carbons (Fsp3) is 1.00. The molecule has 0 spiro atoms. The van der Waals surface area contributed by atoms with Gasteiger partial charge in [0.1, 0.15) is 0 Å². The molecule has 0 radical (unpaired) electrons. The second-order valence-electron chi connectivity index (χ2n) is 2.50. The van der Waals surface area contributed by atoms with Gasteiger partial charge in [-0.3, -0.25) is 0 Å². The Morgan fingerprint density at radius 3 is 1.44 bits per heavy atom. The summed E-state index contributed by atoms with van der Waals surface area (Å²) >= 11 is 0. The molecule has 0 bridgehead atoms. The first-order valence-electron chi connectivity index (χ1n) is 3.23. The van der Waals surface area contributed by atoms with E-state index in [1.54, 1.807) is 0 Å². The van der Waals surface area contributed by atoms with Gasteiger partial charge in [-0.1, -0.05) is 25.7 Å². The Hall–Kier alpha value is 0.414. The van der Waals surface area contributed by atoms with Crippen LogP contribution in [0.3, 0.4) is 0 Å². The van der Waals surface area contributed by atoms with E-state index in [2.05, 4.69) is 0 Å². The van der Waals surface area contributed by atoms with Gasteiger partial charge in [0.05, 0.1) is 0 Å². The minimum absolute atomic E-state index is 0. The van der Waals surface area contributed by atoms with Crippen LogP contribution in [0, 0.1) is 0 Å². The van der Waals surface area contributed by atoms with Crippen LogP contribution >= 0.6 is 0 Å². The maximum Gasteiger partial charge on any atom is 2.00 e. The Balaban J connectivity index is 0.000000640. The molecule has 1 aliphatic rings. The van der Waals surface area contributed by atoms with Crippen LogP contribution in [0.2, 0.25) is 0 Å². The molecular formula is C6H12N2Ni. The molecule has 2 nitrogen and oxygen atoms in total. The summed E-state index contributed by atoms with van der Waals surface area (Å²) in [5.74, 6) is 0. The maximum absolute atomic E-state index is 7.29. The zero-order chi connectivity index (χ0) is 5.98. The van der Waals surface area contributed by atoms with E-state index in [1.165, 1.54) is 12.8 Å². The molecule has 2 atom stereocenters. The molecule has 0 aromatic rings. The topological polar surface area (TPSA) is 47.6 Å². The summed E-state index contributed by atoms with van der Waals surface area (Å²) in [6, 6.07) is -0.160. The third-order valence-electron chi connectivity index (χ3n) is 1.77. The minimum Gasteiger partial charge on any atom is -0.676 e. The van der Waals surface area contributed by atoms with E-state index >= 15 is 0 Å². The third kappa shape index (κ3) is 2.66. The van der Waals surface area contributed by atoms with Gasteiger partial charge in [0.15, 0.2) is 0 Å². The van der Waals surface area contributed by atoms with Crippen molar-refractivity contribution in [2.45, 2.75) is 37.8 Å². The summed E-state index contributed by atoms with van der Waals surface area (Å²) < 4.78 is 0. The van der Waals surface area contributed by atoms with Crippen LogP contribution in [-0.4, -0.2) is 12.1 Å². The van der Waals surface area contributed by atoms with Crippen molar-refractivity contribution in [2.75, 3.05) is 0 Å². The standard InChI is InChI=1S/C6H12N2.Ni/c7-5-3-1-2-4-6(5)8;/h5-8H,1-4H2;/q-2;+2. The molecule has 1 saturated carbocycles. The molecule has 2 unspecified atom stereocenters. The molecule has 1 rings (SSSR count). The predicted octanol–water partition coefficient (Wildman–Crippen LogP) is 2.40. The average Bonchev–Trinajstić information content (AvgIpc) is 1.77. The van der Waals surface area contributed by atoms with Crippen molar-refractivity contribution in [3.05, 3.63) is 11.5 Å². The van der Waals surface area contributed by atoms with E-state index in [0.717, 1.165) is 12.8 Å². The SMILES string of the molecule is [NH-]C1CCCCC1[NH-].[Ni+2]. The van der Waals surface area contributed by atoms with Crippen molar-refractivity contribution in [1.82, 2.24) is 0 Å². The van der Waals surface area contributed by atoms with Crippen molar-refractivity contribution >= 4 is 0 Å². The van der Waals surface area contributed by atoms with Gasteiger partial charge in [0.2, 0.25) is 0 Å². The van der Waals surface area contributed by atoms with Crippen molar-refractivity contribution < 1.29 is 16.5 Å². The Morgan fingerprint density at radius 1 is 0.889 bits per heavy atom. The van der Waals surface area contributed by atoms with Gasteiger partial charge in [-0.2, -0.15) is 12.1 Å². The number of nitrogens with one attached hydrogen (secondary N) is 2. The van der Waals surface area contributed by atoms with Gasteiger partial charge in [-0.05, 0) is 0 Å². The average molecular weight is 171 g/mol. The van der Waals surface area contributed by atoms with Gasteiger partial charge < -0.3 is 11.5 Å². The zero-order valence-corrected chi connectivity index (χ0v) is 6.29. The minimum atomic E-state index is -0.0799. The van der Waals surface area contributed by atoms with Gasteiger partial charge in [0.25, 0.3) is 0 Å². The smallest absolute Gasteiger partial charge is 0.676 e. The second-order valence-corrected chi connectivity index (χ2v) is 2.50. The molecule has 0 aromatic carbocycles. The van der Waals surface area contributed by atoms with E-state index in [4.69, 9.17) is 11.5 Å². The van der Waals surface area contributed by atoms with Crippen LogP contribution in [0.15, 0.2) is 0 Å². The molecular weight excluding hydrogens is 159 g/mol. The Bertz CT molecular complexity index is 67.5. The largest absolute Gasteiger partial charge is 2.00 e. The fourth-order valence-corrected chi connectivity index (χ4v) is 1.13. The van der Waals surface area contributed by atoms with E-state index in [0.29, 0.717) is 0 Å². The number of hydrogen-bond donors (Lipinski definition) is 0. The van der Waals surface area contributed by atoms with E-state index in [-0.39, 0.29) is 28.6 Å². The summed E-state index contributed by atoms with van der Waals surface area (Å²) in [5, 5.41) is 0. The normalized spacial score (nSPS) is 35.3. The molecule has 2 N–H and O–H groups in total. The van der Waals surface area contributed by atoms with Crippen LogP contribution in [0.25, 0.3) is 11.5 Å². The molecule has 0 amide bonds. The fourth-order valence-electron chi connectivity index (χ4n) is 1.13. The monoisotopic (exact) mass is 170 g/mol. The van der Waals surface area contributed by atoms with Crippen LogP contribution in [-0.2, 0) is 16.5 Å². The summed E-state index contributed by atoms with van der Waals surface area (Å²) in [6.07, 6.45) is 4.25. The van der Waals surface area contributed by atoms with Gasteiger partial charge in [-0.15, -0.1) is 0 Å². The molecule has 0 aromatic heterocycles. The van der Waals surface area contributed by atoms with Crippen LogP contribution in [0.5, 0.6) is 0 Å². The van der Waals surface area contributed by atoms with Gasteiger partial charge in [-0.25, -0.2) is 0 Å². The van der Waals surface area contributed by atoms with Crippen molar-refractivity contribution in [1.29, 1.82) is 0 Å². The number of hydrogen-bond acceptors (Lipinski definition) is 0. The molecule has 56 valence electrons. The first-order chi connectivity index (χ1) is 3.80. The molecule has 1 fully saturated rings. The summed E-state index contributed by atoms with van der Waals surface area (Å²) in [6.45, 7) is 0. The Morgan fingerprint density at radius 2 is 1.22 bits per heavy atom. The molecule has 0 saturated heterocycles. The van der Waals surface area contributed by atoms with E-state index in [1.807, 2.05) is 0 Å². The zero-order valence-electron chi connectivity index (χ0n) is 5.30. The first-order valence-corrected chi connectivity index (χ1v) is 3.23. The third-order valence-corrected chi connectivity index (χ3v) is 1.77. The van der Waals surface area contributed by atoms with Gasteiger partial charge in [0, 0.05) is 0 Å². The molecule has 0 heterocycles. The molecule has 3 heteroatoms. The second kappa shape index (κ2) is 4.26. The van der Waals surface area contributed by atoms with Crippen LogP contribution in [0.1, 0.15) is 25.7 Å². The molecule has 0 aliphatic heterocycles. The van der Waals surface area contributed by atoms with Crippen LogP contribution < -0.4 is 0 Å². The summed E-state index contributed by atoms with van der Waals surface area (Å²) in [4.78, 5) is 0. The van der Waals surface area contributed by atoms with Crippen molar-refractivity contribution in [2.24, 2.45) is 0 Å². The van der Waals surface area contributed by atoms with E-state index < -0.39 is 0 Å². The predicted molar refractivity (Wildman–Crippen MR) is 34.7 cm³/mol. The molecule has 9 heavy (non-hydrogen) atoms. The van der Waals surface area contributed by atoms with Crippen molar-refractivity contribution in [3.63, 3.8) is 0 Å². The summed E-state index contributed by atoms with van der Waals surface area (Å²) in [7, 11) is 0. The quantitative estimate of drug-likeness (QED) is 0.502. The number of rotatable bonds is 0. The van der Waals surface area contributed by atoms with E-state index in [9.17, 15) is 0 Å². The first kappa shape index (κ1) is 9.41. The Labute approximate surface area is 66.3 Å². The van der Waals surface area contributed by atoms with Crippen molar-refractivity contribution in [3.8, 4) is 0 Å². The van der Waals surface area contributed by atoms with Gasteiger partial charge >= 0.3 is 16.5 Å². The molecule has 1 aliphatic carbocycles. The maximum atomic E-state index is 7.29.